The lowest BCUT2D eigenvalue weighted by molar-refractivity contribution is -0.248. The van der Waals surface area contributed by atoms with Crippen molar-refractivity contribution in [2.45, 2.75) is 43.9 Å². The third kappa shape index (κ3) is 7.46. The van der Waals surface area contributed by atoms with Crippen molar-refractivity contribution in [1.82, 2.24) is 20.3 Å². The fraction of sp³-hybridized carbons (Fsp3) is 0.481. The number of carbonyl (C=O) groups is 2. The fourth-order valence-electron chi connectivity index (χ4n) is 4.68. The fourth-order valence-corrected chi connectivity index (χ4v) is 4.68. The molecule has 9 nitrogen and oxygen atoms in total. The Bertz CT molecular complexity index is 1180. The van der Waals surface area contributed by atoms with Crippen molar-refractivity contribution in [1.29, 1.82) is 5.26 Å². The van der Waals surface area contributed by atoms with E-state index < -0.39 is 30.1 Å². The Hall–Kier alpha value is -3.69. The number of carbonyl (C=O) groups excluding carboxylic acids is 2. The van der Waals surface area contributed by atoms with Crippen LogP contribution in [0, 0.1) is 11.3 Å². The molecule has 4 rings (SSSR count). The number of hydrogen-bond donors (Lipinski definition) is 1. The second-order valence-corrected chi connectivity index (χ2v) is 9.82. The molecule has 3 heterocycles. The first-order chi connectivity index (χ1) is 18.6. The number of nitrogens with zero attached hydrogens (tertiary/aromatic N) is 5. The van der Waals surface area contributed by atoms with Gasteiger partial charge in [-0.25, -0.2) is 9.78 Å². The van der Waals surface area contributed by atoms with Crippen LogP contribution >= 0.6 is 0 Å². The second-order valence-electron chi connectivity index (χ2n) is 9.82. The molecule has 1 aromatic carbocycles. The molecular weight excluding hydrogens is 513 g/mol. The largest absolute Gasteiger partial charge is 0.492 e. The van der Waals surface area contributed by atoms with Crippen LogP contribution in [0.5, 0.6) is 0 Å². The summed E-state index contributed by atoms with van der Waals surface area (Å²) < 4.78 is 37.9. The van der Waals surface area contributed by atoms with Gasteiger partial charge in [-0.05, 0) is 49.6 Å². The quantitative estimate of drug-likeness (QED) is 0.568. The van der Waals surface area contributed by atoms with Crippen LogP contribution < -0.4 is 10.2 Å². The molecule has 0 radical (unpaired) electrons. The molecule has 0 unspecified atom stereocenters. The molecule has 2 aliphatic heterocycles. The van der Waals surface area contributed by atoms with Crippen LogP contribution in [0.1, 0.15) is 24.8 Å². The highest BCUT2D eigenvalue weighted by Crippen LogP contribution is 2.24. The normalized spacial score (nSPS) is 19.7. The Morgan fingerprint density at radius 3 is 2.38 bits per heavy atom. The first-order valence-corrected chi connectivity index (χ1v) is 12.9. The molecule has 1 N–H and O–H groups in total. The molecule has 2 saturated heterocycles. The van der Waals surface area contributed by atoms with Crippen molar-refractivity contribution in [2.75, 3.05) is 44.7 Å². The highest BCUT2D eigenvalue weighted by atomic mass is 19.4. The Morgan fingerprint density at radius 1 is 1.08 bits per heavy atom. The summed E-state index contributed by atoms with van der Waals surface area (Å²) in [5.74, 6) is -2.08. The average Bonchev–Trinajstić information content (AvgIpc) is 2.93. The van der Waals surface area contributed by atoms with Crippen molar-refractivity contribution in [2.24, 2.45) is 0 Å². The molecule has 2 aromatic rings. The van der Waals surface area contributed by atoms with Gasteiger partial charge in [0.05, 0.1) is 6.07 Å². The highest BCUT2D eigenvalue weighted by Gasteiger charge is 2.44. The molecule has 1 aromatic heterocycles. The summed E-state index contributed by atoms with van der Waals surface area (Å²) in [6.45, 7) is 3.87. The number of nitriles is 1. The Labute approximate surface area is 225 Å². The van der Waals surface area contributed by atoms with Gasteiger partial charge in [0.2, 0.25) is 5.91 Å². The minimum atomic E-state index is -5.16. The monoisotopic (exact) mass is 544 g/mol. The molecule has 1 amide bonds. The molecule has 0 saturated carbocycles. The standard InChI is InChI=1S/C27H31F3N6O3/c1-34-12-14-35(15-13-34)24-10-9-21(18-32-24)20-7-5-19(6-8-20)16-22(17-31)33-25(37)23-4-2-3-11-36(23)39-26(38)27(28,29)30/h5-10,18,22-23H,2-4,11-16H2,1H3,(H,33,37)/t22-,23-/m0/s1. The number of amides is 1. The number of halogens is 3. The maximum Gasteiger partial charge on any atom is 0.492 e. The predicted molar refractivity (Wildman–Crippen MR) is 137 cm³/mol. The summed E-state index contributed by atoms with van der Waals surface area (Å²) in [4.78, 5) is 37.7. The molecule has 39 heavy (non-hydrogen) atoms. The number of hydroxylamine groups is 2. The number of hydrogen-bond acceptors (Lipinski definition) is 8. The topological polar surface area (TPSA) is 102 Å². The van der Waals surface area contributed by atoms with Gasteiger partial charge in [0.1, 0.15) is 17.9 Å². The van der Waals surface area contributed by atoms with Gasteiger partial charge in [0.25, 0.3) is 0 Å². The Morgan fingerprint density at radius 2 is 1.77 bits per heavy atom. The smallest absolute Gasteiger partial charge is 0.360 e. The van der Waals surface area contributed by atoms with Gasteiger partial charge in [-0.3, -0.25) is 4.79 Å². The number of rotatable bonds is 7. The van der Waals surface area contributed by atoms with E-state index in [1.165, 1.54) is 0 Å². The number of aromatic nitrogens is 1. The summed E-state index contributed by atoms with van der Waals surface area (Å²) in [6.07, 6.45) is -1.84. The van der Waals surface area contributed by atoms with Crippen molar-refractivity contribution in [3.63, 3.8) is 0 Å². The van der Waals surface area contributed by atoms with E-state index in [0.717, 1.165) is 53.8 Å². The van der Waals surface area contributed by atoms with E-state index in [0.29, 0.717) is 12.8 Å². The van der Waals surface area contributed by atoms with Crippen molar-refractivity contribution in [3.05, 3.63) is 48.2 Å². The summed E-state index contributed by atoms with van der Waals surface area (Å²) in [7, 11) is 2.11. The molecular formula is C27H31F3N6O3. The number of anilines is 1. The van der Waals surface area contributed by atoms with E-state index in [9.17, 15) is 28.0 Å². The number of pyridine rings is 1. The summed E-state index contributed by atoms with van der Waals surface area (Å²) in [6, 6.07) is 11.6. The van der Waals surface area contributed by atoms with Crippen LogP contribution in [0.2, 0.25) is 0 Å². The highest BCUT2D eigenvalue weighted by molar-refractivity contribution is 5.83. The number of piperazine rings is 1. The number of likely N-dealkylation sites (N-methyl/N-ethyl adjacent to an activating group) is 1. The van der Waals surface area contributed by atoms with Crippen LogP contribution in [-0.2, 0) is 20.8 Å². The van der Waals surface area contributed by atoms with Gasteiger partial charge < -0.3 is 20.0 Å². The third-order valence-electron chi connectivity index (χ3n) is 6.96. The molecule has 2 fully saturated rings. The van der Waals surface area contributed by atoms with Gasteiger partial charge in [0, 0.05) is 50.9 Å². The zero-order valence-corrected chi connectivity index (χ0v) is 21.7. The maximum atomic E-state index is 12.8. The zero-order valence-electron chi connectivity index (χ0n) is 21.7. The van der Waals surface area contributed by atoms with Gasteiger partial charge in [-0.2, -0.15) is 18.4 Å². The van der Waals surface area contributed by atoms with E-state index in [2.05, 4.69) is 32.0 Å². The lowest BCUT2D eigenvalue weighted by Gasteiger charge is -2.33. The van der Waals surface area contributed by atoms with E-state index >= 15 is 0 Å². The van der Waals surface area contributed by atoms with Crippen LogP contribution in [0.15, 0.2) is 42.6 Å². The molecule has 208 valence electrons. The zero-order chi connectivity index (χ0) is 28.0. The minimum absolute atomic E-state index is 0.00377. The van der Waals surface area contributed by atoms with Crippen LogP contribution in [0.25, 0.3) is 11.1 Å². The van der Waals surface area contributed by atoms with E-state index in [1.807, 2.05) is 48.7 Å². The third-order valence-corrected chi connectivity index (χ3v) is 6.96. The minimum Gasteiger partial charge on any atom is -0.360 e. The molecule has 2 aliphatic rings. The van der Waals surface area contributed by atoms with Gasteiger partial charge in [0.15, 0.2) is 0 Å². The number of nitrogens with one attached hydrogen (secondary N) is 1. The van der Waals surface area contributed by atoms with E-state index in [-0.39, 0.29) is 19.4 Å². The van der Waals surface area contributed by atoms with Gasteiger partial charge >= 0.3 is 12.1 Å². The van der Waals surface area contributed by atoms with Crippen LogP contribution in [0.4, 0.5) is 19.0 Å². The van der Waals surface area contributed by atoms with E-state index in [4.69, 9.17) is 0 Å². The van der Waals surface area contributed by atoms with Crippen LogP contribution in [0.3, 0.4) is 0 Å². The van der Waals surface area contributed by atoms with Crippen molar-refractivity contribution < 1.29 is 27.6 Å². The maximum absolute atomic E-state index is 12.8. The van der Waals surface area contributed by atoms with Crippen molar-refractivity contribution >= 4 is 17.7 Å². The number of piperidine rings is 1. The molecule has 0 spiro atoms. The van der Waals surface area contributed by atoms with E-state index in [1.54, 1.807) is 0 Å². The molecule has 2 atom stereocenters. The predicted octanol–water partition coefficient (Wildman–Crippen LogP) is 2.93. The first kappa shape index (κ1) is 28.3. The van der Waals surface area contributed by atoms with Gasteiger partial charge in [-0.1, -0.05) is 24.3 Å². The first-order valence-electron chi connectivity index (χ1n) is 12.9. The second kappa shape index (κ2) is 12.4. The number of alkyl halides is 3. The van der Waals surface area contributed by atoms with Crippen LogP contribution in [-0.4, -0.2) is 84.9 Å². The summed E-state index contributed by atoms with van der Waals surface area (Å²) >= 11 is 0. The Kier molecular flexibility index (Phi) is 9.04. The lowest BCUT2D eigenvalue weighted by Crippen LogP contribution is -2.53. The molecule has 0 bridgehead atoms. The SMILES string of the molecule is CN1CCN(c2ccc(-c3ccc(C[C@@H](C#N)NC(=O)[C@@H]4CCCCN4OC(=O)C(F)(F)F)cc3)cn2)CC1. The Balaban J connectivity index is 1.34. The van der Waals surface area contributed by atoms with Gasteiger partial charge in [-0.15, -0.1) is 5.06 Å². The summed E-state index contributed by atoms with van der Waals surface area (Å²) in [5, 5.41) is 13.0. The average molecular weight is 545 g/mol. The lowest BCUT2D eigenvalue weighted by atomic mass is 10.0. The number of benzene rings is 1. The molecule has 0 aliphatic carbocycles. The van der Waals surface area contributed by atoms with Crippen molar-refractivity contribution in [3.8, 4) is 17.2 Å². The molecule has 12 heteroatoms. The summed E-state index contributed by atoms with van der Waals surface area (Å²) in [5.41, 5.74) is 2.71.